The number of hydrogen-bond donors (Lipinski definition) is 3. The van der Waals surface area contributed by atoms with Crippen LogP contribution in [0.1, 0.15) is 22.8 Å². The zero-order valence-corrected chi connectivity index (χ0v) is 9.48. The summed E-state index contributed by atoms with van der Waals surface area (Å²) in [5.74, 6) is -4.44. The van der Waals surface area contributed by atoms with Crippen molar-refractivity contribution in [3.8, 4) is 11.5 Å². The number of aromatic hydroxyl groups is 2. The van der Waals surface area contributed by atoms with Gasteiger partial charge in [-0.25, -0.2) is 4.79 Å². The number of phenolic OH excluding ortho intramolecular Hbond substituents is 1. The van der Waals surface area contributed by atoms with Gasteiger partial charge in [-0.1, -0.05) is 6.92 Å². The summed E-state index contributed by atoms with van der Waals surface area (Å²) in [6, 6.07) is 0. The largest absolute Gasteiger partial charge is 0.501 e. The molecule has 0 aliphatic heterocycles. The fraction of sp³-hybridized carbons (Fsp3) is 0.222. The molecule has 0 aromatic heterocycles. The molecule has 0 radical (unpaired) electrons. The molecule has 0 unspecified atom stereocenters. The van der Waals surface area contributed by atoms with E-state index in [2.05, 4.69) is 0 Å². The Morgan fingerprint density at radius 2 is 1.58 bits per heavy atom. The average molecular weight is 272 g/mol. The van der Waals surface area contributed by atoms with Gasteiger partial charge in [0.1, 0.15) is 5.56 Å². The minimum absolute atomic E-state index is 0.211. The minimum Gasteiger partial charge on any atom is -0.501 e. The Balaban J connectivity index is 3.99. The summed E-state index contributed by atoms with van der Waals surface area (Å²) in [6.45, 7) is 1.35. The Morgan fingerprint density at radius 3 is 1.89 bits per heavy atom. The van der Waals surface area contributed by atoms with E-state index in [1.807, 2.05) is 0 Å². The molecule has 1 rings (SSSR count). The summed E-state index contributed by atoms with van der Waals surface area (Å²) in [4.78, 5) is 30.0. The zero-order chi connectivity index (χ0) is 14.9. The molecule has 1 aromatic rings. The van der Waals surface area contributed by atoms with Crippen molar-refractivity contribution in [2.24, 2.45) is 0 Å². The Labute approximate surface area is 104 Å². The van der Waals surface area contributed by atoms with E-state index in [-0.39, 0.29) is 6.42 Å². The Hall–Kier alpha value is -2.91. The van der Waals surface area contributed by atoms with Crippen LogP contribution in [0.15, 0.2) is 0 Å². The molecule has 19 heavy (non-hydrogen) atoms. The van der Waals surface area contributed by atoms with Gasteiger partial charge in [-0.2, -0.15) is 0 Å². The first-order chi connectivity index (χ1) is 8.73. The van der Waals surface area contributed by atoms with Gasteiger partial charge in [0.05, 0.1) is 15.4 Å². The molecule has 3 N–H and O–H groups in total. The van der Waals surface area contributed by atoms with Crippen LogP contribution in [0.4, 0.5) is 11.4 Å². The van der Waals surface area contributed by atoms with Gasteiger partial charge in [0.25, 0.3) is 5.75 Å². The van der Waals surface area contributed by atoms with Gasteiger partial charge in [-0.15, -0.1) is 0 Å². The fourth-order valence-electron chi connectivity index (χ4n) is 1.69. The number of nitro benzene ring substituents is 2. The third-order valence-corrected chi connectivity index (χ3v) is 2.43. The molecule has 0 spiro atoms. The summed E-state index contributed by atoms with van der Waals surface area (Å²) in [5.41, 5.74) is -3.94. The van der Waals surface area contributed by atoms with Gasteiger partial charge >= 0.3 is 17.3 Å². The number of carboxylic acids is 1. The van der Waals surface area contributed by atoms with Gasteiger partial charge in [0, 0.05) is 0 Å². The first kappa shape index (κ1) is 14.2. The first-order valence-corrected chi connectivity index (χ1v) is 4.86. The van der Waals surface area contributed by atoms with Crippen LogP contribution >= 0.6 is 0 Å². The van der Waals surface area contributed by atoms with Gasteiger partial charge in [-0.05, 0) is 6.42 Å². The molecule has 0 saturated heterocycles. The summed E-state index contributed by atoms with van der Waals surface area (Å²) < 4.78 is 0. The number of hydrogen-bond acceptors (Lipinski definition) is 7. The minimum atomic E-state index is -1.76. The van der Waals surface area contributed by atoms with Crippen LogP contribution in [0.3, 0.4) is 0 Å². The summed E-state index contributed by atoms with van der Waals surface area (Å²) in [6.07, 6.45) is -0.211. The Morgan fingerprint density at radius 1 is 1.11 bits per heavy atom. The molecule has 10 nitrogen and oxygen atoms in total. The molecule has 0 bridgehead atoms. The third kappa shape index (κ3) is 2.10. The van der Waals surface area contributed by atoms with E-state index in [1.54, 1.807) is 0 Å². The molecule has 102 valence electrons. The lowest BCUT2D eigenvalue weighted by atomic mass is 9.99. The van der Waals surface area contributed by atoms with Gasteiger partial charge in [0.15, 0.2) is 0 Å². The highest BCUT2D eigenvalue weighted by atomic mass is 16.6. The molecular formula is C9H8N2O8. The molecular weight excluding hydrogens is 264 g/mol. The lowest BCUT2D eigenvalue weighted by Gasteiger charge is -2.09. The summed E-state index contributed by atoms with van der Waals surface area (Å²) >= 11 is 0. The normalized spacial score (nSPS) is 10.2. The highest BCUT2D eigenvalue weighted by Gasteiger charge is 2.38. The van der Waals surface area contributed by atoms with Crippen molar-refractivity contribution in [2.75, 3.05) is 0 Å². The van der Waals surface area contributed by atoms with Gasteiger partial charge in [0.2, 0.25) is 5.75 Å². The monoisotopic (exact) mass is 272 g/mol. The molecule has 0 heterocycles. The van der Waals surface area contributed by atoms with Crippen LogP contribution in [0.2, 0.25) is 0 Å². The molecule has 0 saturated carbocycles. The SMILES string of the molecule is CCc1c(C(=O)O)c(O)c([N+](=O)[O-])c(O)c1[N+](=O)[O-]. The quantitative estimate of drug-likeness (QED) is 0.542. The van der Waals surface area contributed by atoms with E-state index in [0.717, 1.165) is 0 Å². The van der Waals surface area contributed by atoms with Crippen LogP contribution in [-0.4, -0.2) is 31.1 Å². The summed E-state index contributed by atoms with van der Waals surface area (Å²) in [7, 11) is 0. The van der Waals surface area contributed by atoms with Crippen LogP contribution in [-0.2, 0) is 6.42 Å². The second-order valence-electron chi connectivity index (χ2n) is 3.42. The van der Waals surface area contributed by atoms with Crippen LogP contribution < -0.4 is 0 Å². The average Bonchev–Trinajstić information content (AvgIpc) is 2.25. The van der Waals surface area contributed by atoms with E-state index in [0.29, 0.717) is 0 Å². The predicted octanol–water partition coefficient (Wildman–Crippen LogP) is 1.17. The molecule has 0 aliphatic carbocycles. The van der Waals surface area contributed by atoms with Crippen molar-refractivity contribution < 1.29 is 30.0 Å². The number of carbonyl (C=O) groups is 1. The van der Waals surface area contributed by atoms with Crippen molar-refractivity contribution in [2.45, 2.75) is 13.3 Å². The maximum absolute atomic E-state index is 11.0. The lowest BCUT2D eigenvalue weighted by Crippen LogP contribution is -2.08. The van der Waals surface area contributed by atoms with Crippen LogP contribution in [0, 0.1) is 20.2 Å². The lowest BCUT2D eigenvalue weighted by molar-refractivity contribution is -0.397. The van der Waals surface area contributed by atoms with E-state index in [1.165, 1.54) is 6.92 Å². The van der Waals surface area contributed by atoms with Gasteiger partial charge in [-0.3, -0.25) is 20.2 Å². The van der Waals surface area contributed by atoms with Crippen LogP contribution in [0.5, 0.6) is 11.5 Å². The second kappa shape index (κ2) is 4.76. The maximum atomic E-state index is 11.0. The highest BCUT2D eigenvalue weighted by Crippen LogP contribution is 2.47. The number of carboxylic acid groups (broad SMARTS) is 1. The number of benzene rings is 1. The van der Waals surface area contributed by atoms with Crippen molar-refractivity contribution >= 4 is 17.3 Å². The number of phenols is 2. The number of rotatable bonds is 4. The number of aromatic carboxylic acids is 1. The fourth-order valence-corrected chi connectivity index (χ4v) is 1.69. The highest BCUT2D eigenvalue weighted by molar-refractivity contribution is 5.97. The molecule has 0 fully saturated rings. The molecule has 0 atom stereocenters. The first-order valence-electron chi connectivity index (χ1n) is 4.86. The standard InChI is InChI=1S/C9H8N2O8/c1-2-3-4(9(14)15)7(12)6(11(18)19)8(13)5(3)10(16)17/h12-13H,2H2,1H3,(H,14,15). The molecule has 1 aromatic carbocycles. The topological polar surface area (TPSA) is 164 Å². The molecule has 0 amide bonds. The Kier molecular flexibility index (Phi) is 3.54. The van der Waals surface area contributed by atoms with Crippen molar-refractivity contribution in [1.29, 1.82) is 0 Å². The van der Waals surface area contributed by atoms with Crippen molar-refractivity contribution in [3.63, 3.8) is 0 Å². The van der Waals surface area contributed by atoms with E-state index < -0.39 is 49.8 Å². The number of nitro groups is 2. The molecule has 10 heteroatoms. The van der Waals surface area contributed by atoms with E-state index >= 15 is 0 Å². The third-order valence-electron chi connectivity index (χ3n) is 2.43. The predicted molar refractivity (Wildman–Crippen MR) is 59.4 cm³/mol. The maximum Gasteiger partial charge on any atom is 0.360 e. The number of nitrogens with zero attached hydrogens (tertiary/aromatic N) is 2. The summed E-state index contributed by atoms with van der Waals surface area (Å²) in [5, 5.41) is 49.4. The van der Waals surface area contributed by atoms with Gasteiger partial charge < -0.3 is 15.3 Å². The zero-order valence-electron chi connectivity index (χ0n) is 9.48. The van der Waals surface area contributed by atoms with Crippen molar-refractivity contribution in [1.82, 2.24) is 0 Å². The second-order valence-corrected chi connectivity index (χ2v) is 3.42. The molecule has 0 aliphatic rings. The Bertz CT molecular complexity index is 553. The van der Waals surface area contributed by atoms with E-state index in [9.17, 15) is 35.2 Å². The van der Waals surface area contributed by atoms with E-state index in [4.69, 9.17) is 5.11 Å². The smallest absolute Gasteiger partial charge is 0.360 e. The van der Waals surface area contributed by atoms with Crippen molar-refractivity contribution in [3.05, 3.63) is 31.4 Å². The van der Waals surface area contributed by atoms with Crippen LogP contribution in [0.25, 0.3) is 0 Å².